The number of nitrogens with zero attached hydrogens (tertiary/aromatic N) is 3. The fraction of sp³-hybridized carbons (Fsp3) is 0.280. The molecule has 1 fully saturated rings. The highest BCUT2D eigenvalue weighted by Gasteiger charge is 2.47. The van der Waals surface area contributed by atoms with Gasteiger partial charge in [-0.25, -0.2) is 19.7 Å². The van der Waals surface area contributed by atoms with Crippen LogP contribution in [0.1, 0.15) is 24.4 Å². The number of aromatic nitrogens is 2. The lowest BCUT2D eigenvalue weighted by molar-refractivity contribution is -0.121. The predicted molar refractivity (Wildman–Crippen MR) is 131 cm³/mol. The molecule has 9 heteroatoms. The highest BCUT2D eigenvalue weighted by atomic mass is 32.2. The minimum absolute atomic E-state index is 0.0643. The molecular weight excluding hydrogens is 448 g/mol. The largest absolute Gasteiger partial charge is 0.351 e. The SMILES string of the molecule is O=C(NC1CCCNC1)[C@@H]1Sc2nccc3c2C1NC(=O)N3c1cccc(-c2ccccc2)n1. The summed E-state index contributed by atoms with van der Waals surface area (Å²) in [6.07, 6.45) is 3.69. The Hall–Kier alpha value is -3.43. The quantitative estimate of drug-likeness (QED) is 0.538. The fourth-order valence-corrected chi connectivity index (χ4v) is 6.06. The van der Waals surface area contributed by atoms with Gasteiger partial charge in [-0.1, -0.05) is 48.2 Å². The molecule has 6 rings (SSSR count). The molecule has 2 aromatic heterocycles. The zero-order chi connectivity index (χ0) is 23.1. The molecule has 3 aliphatic heterocycles. The van der Waals surface area contributed by atoms with E-state index in [1.807, 2.05) is 54.6 Å². The molecule has 0 aliphatic carbocycles. The van der Waals surface area contributed by atoms with Gasteiger partial charge in [0.2, 0.25) is 5.91 Å². The normalized spacial score (nSPS) is 23.2. The molecule has 0 saturated carbocycles. The maximum absolute atomic E-state index is 13.4. The molecule has 3 aliphatic rings. The van der Waals surface area contributed by atoms with Crippen LogP contribution in [0.4, 0.5) is 16.3 Å². The highest BCUT2D eigenvalue weighted by Crippen LogP contribution is 2.50. The third-order valence-corrected chi connectivity index (χ3v) is 7.73. The van der Waals surface area contributed by atoms with E-state index in [9.17, 15) is 9.59 Å². The topological polar surface area (TPSA) is 99.2 Å². The van der Waals surface area contributed by atoms with Gasteiger partial charge in [0.1, 0.15) is 16.1 Å². The van der Waals surface area contributed by atoms with Crippen molar-refractivity contribution in [2.75, 3.05) is 18.0 Å². The number of carbonyl (C=O) groups excluding carboxylic acids is 2. The number of piperidine rings is 1. The van der Waals surface area contributed by atoms with Crippen molar-refractivity contribution in [3.05, 3.63) is 66.4 Å². The lowest BCUT2D eigenvalue weighted by Crippen LogP contribution is -2.52. The Morgan fingerprint density at radius 1 is 1.12 bits per heavy atom. The molecular formula is C25H24N6O2S. The first kappa shape index (κ1) is 21.1. The lowest BCUT2D eigenvalue weighted by Gasteiger charge is -2.34. The third-order valence-electron chi connectivity index (χ3n) is 6.44. The van der Waals surface area contributed by atoms with E-state index in [1.165, 1.54) is 11.8 Å². The van der Waals surface area contributed by atoms with Gasteiger partial charge in [-0.15, -0.1) is 0 Å². The Morgan fingerprint density at radius 2 is 2.00 bits per heavy atom. The van der Waals surface area contributed by atoms with Gasteiger partial charge in [0.15, 0.2) is 0 Å². The number of pyridine rings is 2. The van der Waals surface area contributed by atoms with Crippen LogP contribution in [0.25, 0.3) is 11.3 Å². The van der Waals surface area contributed by atoms with Gasteiger partial charge >= 0.3 is 6.03 Å². The third kappa shape index (κ3) is 3.70. The summed E-state index contributed by atoms with van der Waals surface area (Å²) in [6, 6.07) is 16.7. The molecule has 3 amide bonds. The molecule has 34 heavy (non-hydrogen) atoms. The van der Waals surface area contributed by atoms with Gasteiger partial charge in [0, 0.05) is 29.9 Å². The number of urea groups is 1. The van der Waals surface area contributed by atoms with E-state index in [-0.39, 0.29) is 18.0 Å². The second-order valence-corrected chi connectivity index (χ2v) is 9.78. The Balaban J connectivity index is 1.32. The van der Waals surface area contributed by atoms with Crippen LogP contribution >= 0.6 is 11.8 Å². The summed E-state index contributed by atoms with van der Waals surface area (Å²) in [5, 5.41) is 9.86. The Bertz CT molecular complexity index is 1250. The Labute approximate surface area is 201 Å². The molecule has 172 valence electrons. The Morgan fingerprint density at radius 3 is 2.82 bits per heavy atom. The van der Waals surface area contributed by atoms with Crippen LogP contribution in [0.15, 0.2) is 65.8 Å². The van der Waals surface area contributed by atoms with Crippen LogP contribution in [0.2, 0.25) is 0 Å². The second-order valence-electron chi connectivity index (χ2n) is 8.65. The Kier molecular flexibility index (Phi) is 5.43. The lowest BCUT2D eigenvalue weighted by atomic mass is 9.99. The molecule has 1 aromatic carbocycles. The average molecular weight is 473 g/mol. The van der Waals surface area contributed by atoms with E-state index >= 15 is 0 Å². The van der Waals surface area contributed by atoms with Crippen LogP contribution < -0.4 is 20.9 Å². The predicted octanol–water partition coefficient (Wildman–Crippen LogP) is 3.39. The van der Waals surface area contributed by atoms with Crippen LogP contribution in [0, 0.1) is 0 Å². The average Bonchev–Trinajstić information content (AvgIpc) is 3.25. The standard InChI is InChI=1S/C25H24N6O2S/c32-23(28-16-8-5-12-26-14-16)22-21-20-18(11-13-27-24(20)34-22)31(25(33)30-21)19-10-4-9-17(29-19)15-6-2-1-3-7-15/h1-4,6-7,9-11,13,16,21-22,26H,5,8,12,14H2,(H,28,32)(H,30,33)/t16?,21?,22-/m1/s1. The number of hydrogen-bond acceptors (Lipinski definition) is 6. The van der Waals surface area contributed by atoms with Crippen molar-refractivity contribution < 1.29 is 9.59 Å². The van der Waals surface area contributed by atoms with E-state index in [2.05, 4.69) is 20.9 Å². The highest BCUT2D eigenvalue weighted by molar-refractivity contribution is 8.01. The minimum atomic E-state index is -0.458. The molecule has 3 aromatic rings. The monoisotopic (exact) mass is 472 g/mol. The van der Waals surface area contributed by atoms with Crippen molar-refractivity contribution in [1.29, 1.82) is 0 Å². The van der Waals surface area contributed by atoms with Crippen molar-refractivity contribution in [3.63, 3.8) is 0 Å². The smallest absolute Gasteiger partial charge is 0.328 e. The first-order valence-corrected chi connectivity index (χ1v) is 12.4. The molecule has 0 bridgehead atoms. The summed E-state index contributed by atoms with van der Waals surface area (Å²) in [5.74, 6) is 0.461. The zero-order valence-electron chi connectivity index (χ0n) is 18.4. The number of amides is 3. The van der Waals surface area contributed by atoms with E-state index in [0.29, 0.717) is 5.82 Å². The van der Waals surface area contributed by atoms with Crippen LogP contribution in [-0.2, 0) is 4.79 Å². The molecule has 3 atom stereocenters. The number of benzene rings is 1. The molecule has 3 N–H and O–H groups in total. The summed E-state index contributed by atoms with van der Waals surface area (Å²) in [5.41, 5.74) is 3.36. The van der Waals surface area contributed by atoms with Gasteiger partial charge in [-0.3, -0.25) is 4.79 Å². The zero-order valence-corrected chi connectivity index (χ0v) is 19.2. The number of hydrogen-bond donors (Lipinski definition) is 3. The van der Waals surface area contributed by atoms with E-state index < -0.39 is 11.3 Å². The summed E-state index contributed by atoms with van der Waals surface area (Å²) in [4.78, 5) is 37.4. The fourth-order valence-electron chi connectivity index (χ4n) is 4.83. The van der Waals surface area contributed by atoms with Crippen LogP contribution in [-0.4, -0.2) is 46.3 Å². The van der Waals surface area contributed by atoms with Gasteiger partial charge in [-0.05, 0) is 37.6 Å². The number of rotatable bonds is 4. The summed E-state index contributed by atoms with van der Waals surface area (Å²) in [6.45, 7) is 1.76. The van der Waals surface area contributed by atoms with Crippen molar-refractivity contribution >= 4 is 35.2 Å². The molecule has 0 radical (unpaired) electrons. The van der Waals surface area contributed by atoms with Gasteiger partial charge in [0.25, 0.3) is 0 Å². The van der Waals surface area contributed by atoms with E-state index in [0.717, 1.165) is 53.5 Å². The number of nitrogens with one attached hydrogen (secondary N) is 3. The number of carbonyl (C=O) groups is 2. The van der Waals surface area contributed by atoms with Crippen molar-refractivity contribution in [2.45, 2.75) is 35.2 Å². The maximum Gasteiger partial charge on any atom is 0.328 e. The first-order chi connectivity index (χ1) is 16.7. The van der Waals surface area contributed by atoms with E-state index in [4.69, 9.17) is 4.98 Å². The summed E-state index contributed by atoms with van der Waals surface area (Å²) < 4.78 is 0. The number of anilines is 2. The molecule has 5 heterocycles. The molecule has 2 unspecified atom stereocenters. The van der Waals surface area contributed by atoms with Gasteiger partial charge < -0.3 is 16.0 Å². The van der Waals surface area contributed by atoms with Gasteiger partial charge in [-0.2, -0.15) is 0 Å². The van der Waals surface area contributed by atoms with Crippen molar-refractivity contribution in [2.24, 2.45) is 0 Å². The molecule has 0 spiro atoms. The van der Waals surface area contributed by atoms with Crippen molar-refractivity contribution in [3.8, 4) is 11.3 Å². The maximum atomic E-state index is 13.4. The van der Waals surface area contributed by atoms with Crippen LogP contribution in [0.5, 0.6) is 0 Å². The van der Waals surface area contributed by atoms with E-state index in [1.54, 1.807) is 11.1 Å². The molecule has 8 nitrogen and oxygen atoms in total. The van der Waals surface area contributed by atoms with Gasteiger partial charge in [0.05, 0.1) is 17.4 Å². The first-order valence-electron chi connectivity index (χ1n) is 11.5. The summed E-state index contributed by atoms with van der Waals surface area (Å²) >= 11 is 1.41. The van der Waals surface area contributed by atoms with Crippen LogP contribution in [0.3, 0.4) is 0 Å². The second kappa shape index (κ2) is 8.73. The number of thioether (sulfide) groups is 1. The minimum Gasteiger partial charge on any atom is -0.351 e. The summed E-state index contributed by atoms with van der Waals surface area (Å²) in [7, 11) is 0. The van der Waals surface area contributed by atoms with Crippen molar-refractivity contribution in [1.82, 2.24) is 25.9 Å². The molecule has 1 saturated heterocycles.